The topological polar surface area (TPSA) is 51.8 Å². The molecule has 0 N–H and O–H groups in total. The molecule has 1 fully saturated rings. The highest BCUT2D eigenvalue weighted by molar-refractivity contribution is 5.50. The van der Waals surface area contributed by atoms with E-state index >= 15 is 0 Å². The van der Waals surface area contributed by atoms with E-state index < -0.39 is 0 Å². The van der Waals surface area contributed by atoms with E-state index in [1.54, 1.807) is 6.20 Å². The minimum Gasteiger partial charge on any atom is -0.334 e. The van der Waals surface area contributed by atoms with E-state index in [2.05, 4.69) is 15.1 Å². The molecule has 1 aliphatic rings. The molecule has 0 radical (unpaired) electrons. The van der Waals surface area contributed by atoms with E-state index in [-0.39, 0.29) is 0 Å². The average Bonchev–Trinajstić information content (AvgIpc) is 2.90. The van der Waals surface area contributed by atoms with E-state index in [1.807, 2.05) is 19.1 Å². The third-order valence-corrected chi connectivity index (χ3v) is 3.57. The Hall–Kier alpha value is -1.71. The molecule has 0 bridgehead atoms. The first kappa shape index (κ1) is 11.4. The number of nitrogens with zero attached hydrogens (tertiary/aromatic N) is 3. The summed E-state index contributed by atoms with van der Waals surface area (Å²) >= 11 is 0. The molecule has 4 heteroatoms. The minimum absolute atomic E-state index is 0.481. The van der Waals surface area contributed by atoms with Gasteiger partial charge in [-0.25, -0.2) is 0 Å². The van der Waals surface area contributed by atoms with Crippen molar-refractivity contribution < 1.29 is 4.52 Å². The van der Waals surface area contributed by atoms with Crippen LogP contribution in [0.1, 0.15) is 49.5 Å². The van der Waals surface area contributed by atoms with Crippen LogP contribution in [0.3, 0.4) is 0 Å². The molecule has 0 unspecified atom stereocenters. The molecule has 1 aliphatic carbocycles. The summed E-state index contributed by atoms with van der Waals surface area (Å²) < 4.78 is 5.34. The predicted molar refractivity (Wildman–Crippen MR) is 68.1 cm³/mol. The third kappa shape index (κ3) is 2.28. The fourth-order valence-electron chi connectivity index (χ4n) is 2.47. The summed E-state index contributed by atoms with van der Waals surface area (Å²) in [4.78, 5) is 8.77. The van der Waals surface area contributed by atoms with Gasteiger partial charge in [0, 0.05) is 17.8 Å². The summed E-state index contributed by atoms with van der Waals surface area (Å²) in [6.07, 6.45) is 8.05. The van der Waals surface area contributed by atoms with Crippen LogP contribution in [0, 0.1) is 6.92 Å². The molecule has 0 amide bonds. The van der Waals surface area contributed by atoms with Crippen LogP contribution < -0.4 is 0 Å². The molecular weight excluding hydrogens is 226 g/mol. The zero-order valence-electron chi connectivity index (χ0n) is 10.6. The second-order valence-electron chi connectivity index (χ2n) is 4.98. The van der Waals surface area contributed by atoms with Crippen molar-refractivity contribution >= 4 is 0 Å². The van der Waals surface area contributed by atoms with Gasteiger partial charge in [0.25, 0.3) is 5.89 Å². The van der Waals surface area contributed by atoms with Crippen molar-refractivity contribution in [1.82, 2.24) is 15.1 Å². The maximum absolute atomic E-state index is 5.34. The van der Waals surface area contributed by atoms with Gasteiger partial charge in [0.1, 0.15) is 0 Å². The van der Waals surface area contributed by atoms with Crippen molar-refractivity contribution in [3.05, 3.63) is 29.8 Å². The van der Waals surface area contributed by atoms with Gasteiger partial charge in [0.15, 0.2) is 5.82 Å². The normalized spacial score (nSPS) is 16.9. The molecule has 18 heavy (non-hydrogen) atoms. The molecule has 2 heterocycles. The highest BCUT2D eigenvalue weighted by Gasteiger charge is 2.21. The Morgan fingerprint density at radius 3 is 2.72 bits per heavy atom. The standard InChI is InChI=1S/C14H17N3O/c1-10-7-8-12(9-15-10)14-16-13(17-18-14)11-5-3-2-4-6-11/h7-9,11H,2-6H2,1H3. The van der Waals surface area contributed by atoms with E-state index in [0.29, 0.717) is 11.8 Å². The Kier molecular flexibility index (Phi) is 3.09. The smallest absolute Gasteiger partial charge is 0.259 e. The van der Waals surface area contributed by atoms with Crippen LogP contribution in [0.25, 0.3) is 11.5 Å². The van der Waals surface area contributed by atoms with Crippen molar-refractivity contribution in [3.8, 4) is 11.5 Å². The molecular formula is C14H17N3O. The molecule has 1 saturated carbocycles. The van der Waals surface area contributed by atoms with Crippen LogP contribution in [-0.2, 0) is 0 Å². The molecule has 3 rings (SSSR count). The Bertz CT molecular complexity index is 512. The summed E-state index contributed by atoms with van der Waals surface area (Å²) in [6, 6.07) is 3.93. The van der Waals surface area contributed by atoms with Gasteiger partial charge in [-0.15, -0.1) is 0 Å². The van der Waals surface area contributed by atoms with Crippen molar-refractivity contribution in [2.75, 3.05) is 0 Å². The maximum Gasteiger partial charge on any atom is 0.259 e. The van der Waals surface area contributed by atoms with Gasteiger partial charge < -0.3 is 4.52 Å². The third-order valence-electron chi connectivity index (χ3n) is 3.57. The lowest BCUT2D eigenvalue weighted by molar-refractivity contribution is 0.385. The van der Waals surface area contributed by atoms with Crippen LogP contribution >= 0.6 is 0 Å². The highest BCUT2D eigenvalue weighted by Crippen LogP contribution is 2.31. The second-order valence-corrected chi connectivity index (χ2v) is 4.98. The van der Waals surface area contributed by atoms with E-state index in [1.165, 1.54) is 32.1 Å². The van der Waals surface area contributed by atoms with Crippen LogP contribution in [-0.4, -0.2) is 15.1 Å². The number of rotatable bonds is 2. The van der Waals surface area contributed by atoms with E-state index in [4.69, 9.17) is 4.52 Å². The first-order valence-electron chi connectivity index (χ1n) is 6.59. The zero-order valence-corrected chi connectivity index (χ0v) is 10.6. The Labute approximate surface area is 106 Å². The lowest BCUT2D eigenvalue weighted by Gasteiger charge is -2.17. The van der Waals surface area contributed by atoms with Crippen LogP contribution in [0.5, 0.6) is 0 Å². The SMILES string of the molecule is Cc1ccc(-c2nc(C3CCCCC3)no2)cn1. The number of pyridine rings is 1. The van der Waals surface area contributed by atoms with Gasteiger partial charge in [0.2, 0.25) is 0 Å². The van der Waals surface area contributed by atoms with Crippen molar-refractivity contribution in [1.29, 1.82) is 0 Å². The first-order chi connectivity index (χ1) is 8.83. The fourth-order valence-corrected chi connectivity index (χ4v) is 2.47. The Balaban J connectivity index is 1.82. The molecule has 0 spiro atoms. The van der Waals surface area contributed by atoms with Crippen molar-refractivity contribution in [3.63, 3.8) is 0 Å². The van der Waals surface area contributed by atoms with Gasteiger partial charge in [-0.2, -0.15) is 4.98 Å². The number of hydrogen-bond donors (Lipinski definition) is 0. The number of hydrogen-bond acceptors (Lipinski definition) is 4. The highest BCUT2D eigenvalue weighted by atomic mass is 16.5. The van der Waals surface area contributed by atoms with Gasteiger partial charge in [-0.3, -0.25) is 4.98 Å². The van der Waals surface area contributed by atoms with Gasteiger partial charge in [-0.05, 0) is 31.9 Å². The van der Waals surface area contributed by atoms with Crippen LogP contribution in [0.15, 0.2) is 22.9 Å². The molecule has 0 aromatic carbocycles. The number of aryl methyl sites for hydroxylation is 1. The lowest BCUT2D eigenvalue weighted by Crippen LogP contribution is -2.06. The predicted octanol–water partition coefficient (Wildman–Crippen LogP) is 3.49. The summed E-state index contributed by atoms with van der Waals surface area (Å²) in [7, 11) is 0. The van der Waals surface area contributed by atoms with Gasteiger partial charge in [0.05, 0.1) is 5.56 Å². The number of aromatic nitrogens is 3. The quantitative estimate of drug-likeness (QED) is 0.810. The molecule has 94 valence electrons. The molecule has 4 nitrogen and oxygen atoms in total. The molecule has 0 aliphatic heterocycles. The van der Waals surface area contributed by atoms with E-state index in [0.717, 1.165) is 17.1 Å². The summed E-state index contributed by atoms with van der Waals surface area (Å²) in [5.41, 5.74) is 1.89. The lowest BCUT2D eigenvalue weighted by atomic mass is 9.89. The first-order valence-corrected chi connectivity index (χ1v) is 6.59. The summed E-state index contributed by atoms with van der Waals surface area (Å²) in [5.74, 6) is 1.93. The largest absolute Gasteiger partial charge is 0.334 e. The fraction of sp³-hybridized carbons (Fsp3) is 0.500. The van der Waals surface area contributed by atoms with Crippen LogP contribution in [0.4, 0.5) is 0 Å². The molecule has 0 atom stereocenters. The molecule has 0 saturated heterocycles. The molecule has 2 aromatic heterocycles. The Morgan fingerprint density at radius 2 is 2.00 bits per heavy atom. The van der Waals surface area contributed by atoms with Gasteiger partial charge in [-0.1, -0.05) is 24.4 Å². The average molecular weight is 243 g/mol. The summed E-state index contributed by atoms with van der Waals surface area (Å²) in [5, 5.41) is 4.12. The van der Waals surface area contributed by atoms with E-state index in [9.17, 15) is 0 Å². The van der Waals surface area contributed by atoms with Gasteiger partial charge >= 0.3 is 0 Å². The Morgan fingerprint density at radius 1 is 1.17 bits per heavy atom. The summed E-state index contributed by atoms with van der Waals surface area (Å²) in [6.45, 7) is 1.96. The maximum atomic E-state index is 5.34. The zero-order chi connectivity index (χ0) is 12.4. The minimum atomic E-state index is 0.481. The van der Waals surface area contributed by atoms with Crippen molar-refractivity contribution in [2.45, 2.75) is 44.9 Å². The molecule has 2 aromatic rings. The monoisotopic (exact) mass is 243 g/mol. The van der Waals surface area contributed by atoms with Crippen LogP contribution in [0.2, 0.25) is 0 Å². The van der Waals surface area contributed by atoms with Crippen molar-refractivity contribution in [2.24, 2.45) is 0 Å². The second kappa shape index (κ2) is 4.88.